The van der Waals surface area contributed by atoms with E-state index < -0.39 is 18.1 Å². The molecule has 0 unspecified atom stereocenters. The average Bonchev–Trinajstić information content (AvgIpc) is 3.58. The Bertz CT molecular complexity index is 1110. The van der Waals surface area contributed by atoms with Gasteiger partial charge < -0.3 is 25.3 Å². The Labute approximate surface area is 203 Å². The molecule has 186 valence electrons. The van der Waals surface area contributed by atoms with Crippen molar-refractivity contribution in [2.24, 2.45) is 17.8 Å². The molecule has 1 aromatic heterocycles. The van der Waals surface area contributed by atoms with Gasteiger partial charge in [0.2, 0.25) is 11.8 Å². The van der Waals surface area contributed by atoms with E-state index in [0.29, 0.717) is 25.2 Å². The van der Waals surface area contributed by atoms with Crippen molar-refractivity contribution in [2.75, 3.05) is 20.2 Å². The van der Waals surface area contributed by atoms with Crippen LogP contribution in [0.15, 0.2) is 30.3 Å². The zero-order valence-electron chi connectivity index (χ0n) is 19.9. The van der Waals surface area contributed by atoms with Crippen LogP contribution in [0.25, 0.3) is 10.9 Å². The van der Waals surface area contributed by atoms with E-state index in [4.69, 9.17) is 4.74 Å². The number of piperidine rings is 1. The standard InChI is InChI=1S/C26H32N4O5/c1-35-26(34)21(13-16-8-5-11-27-23(16)31)29-24(32)22-18-9-4-7-17(18)14-30(22)25(33)20-12-15-6-2-3-10-19(15)28-20/h2-3,6,10,12,16-18,21-22,28H,4-5,7-9,11,13-14H2,1H3,(H,27,31)(H,29,32)/t16-,17-,18-,21-,22-/m0/s1. The van der Waals surface area contributed by atoms with Gasteiger partial charge in [0.1, 0.15) is 17.8 Å². The molecule has 3 amide bonds. The molecule has 2 aliphatic heterocycles. The molecule has 1 aliphatic carbocycles. The molecule has 1 aromatic carbocycles. The first-order chi connectivity index (χ1) is 17.0. The summed E-state index contributed by atoms with van der Waals surface area (Å²) in [4.78, 5) is 56.9. The van der Waals surface area contributed by atoms with Gasteiger partial charge in [-0.1, -0.05) is 24.6 Å². The molecule has 0 radical (unpaired) electrons. The van der Waals surface area contributed by atoms with Crippen molar-refractivity contribution in [3.05, 3.63) is 36.0 Å². The van der Waals surface area contributed by atoms with E-state index in [1.165, 1.54) is 7.11 Å². The minimum atomic E-state index is -0.938. The number of esters is 1. The van der Waals surface area contributed by atoms with Crippen LogP contribution in [0, 0.1) is 17.8 Å². The van der Waals surface area contributed by atoms with Crippen molar-refractivity contribution in [1.82, 2.24) is 20.5 Å². The van der Waals surface area contributed by atoms with Crippen molar-refractivity contribution in [3.8, 4) is 0 Å². The predicted octanol–water partition coefficient (Wildman–Crippen LogP) is 1.98. The van der Waals surface area contributed by atoms with Crippen LogP contribution in [-0.2, 0) is 19.1 Å². The van der Waals surface area contributed by atoms with Crippen molar-refractivity contribution in [2.45, 2.75) is 50.6 Å². The Morgan fingerprint density at radius 1 is 1.17 bits per heavy atom. The number of methoxy groups -OCH3 is 1. The summed E-state index contributed by atoms with van der Waals surface area (Å²) in [6, 6.07) is 7.90. The molecule has 5 atom stereocenters. The zero-order valence-corrected chi connectivity index (χ0v) is 19.9. The fourth-order valence-electron chi connectivity index (χ4n) is 6.15. The molecule has 2 aromatic rings. The number of ether oxygens (including phenoxy) is 1. The molecule has 9 nitrogen and oxygen atoms in total. The van der Waals surface area contributed by atoms with Crippen molar-refractivity contribution in [1.29, 1.82) is 0 Å². The summed E-state index contributed by atoms with van der Waals surface area (Å²) < 4.78 is 4.95. The lowest BCUT2D eigenvalue weighted by atomic mass is 9.90. The maximum atomic E-state index is 13.6. The fraction of sp³-hybridized carbons (Fsp3) is 0.538. The lowest BCUT2D eigenvalue weighted by molar-refractivity contribution is -0.146. The van der Waals surface area contributed by atoms with Crippen LogP contribution in [0.1, 0.15) is 49.0 Å². The fourth-order valence-corrected chi connectivity index (χ4v) is 6.15. The number of carbonyl (C=O) groups excluding carboxylic acids is 4. The number of nitrogens with one attached hydrogen (secondary N) is 3. The molecule has 35 heavy (non-hydrogen) atoms. The molecule has 3 heterocycles. The van der Waals surface area contributed by atoms with Gasteiger partial charge in [-0.3, -0.25) is 14.4 Å². The number of H-pyrrole nitrogens is 1. The van der Waals surface area contributed by atoms with Gasteiger partial charge in [-0.15, -0.1) is 0 Å². The van der Waals surface area contributed by atoms with Crippen molar-refractivity contribution in [3.63, 3.8) is 0 Å². The summed E-state index contributed by atoms with van der Waals surface area (Å²) in [5.41, 5.74) is 1.32. The first-order valence-electron chi connectivity index (χ1n) is 12.5. The Hall–Kier alpha value is -3.36. The van der Waals surface area contributed by atoms with E-state index in [0.717, 1.165) is 36.6 Å². The Morgan fingerprint density at radius 2 is 2.00 bits per heavy atom. The molecule has 3 fully saturated rings. The molecule has 1 saturated carbocycles. The number of carbonyl (C=O) groups is 4. The van der Waals surface area contributed by atoms with Gasteiger partial charge in [-0.2, -0.15) is 0 Å². The summed E-state index contributed by atoms with van der Waals surface area (Å²) in [6.07, 6.45) is 4.55. The normalized spacial score (nSPS) is 26.8. The number of para-hydroxylation sites is 1. The SMILES string of the molecule is COC(=O)[C@H](C[C@@H]1CCCNC1=O)NC(=O)[C@@H]1[C@H]2CCC[C@H]2CN1C(=O)c1cc2ccccc2[nH]1. The zero-order chi connectivity index (χ0) is 24.5. The Kier molecular flexibility index (Phi) is 6.49. The third kappa shape index (κ3) is 4.51. The second kappa shape index (κ2) is 9.71. The maximum Gasteiger partial charge on any atom is 0.328 e. The Morgan fingerprint density at radius 3 is 2.77 bits per heavy atom. The van der Waals surface area contributed by atoms with Crippen LogP contribution in [0.3, 0.4) is 0 Å². The number of hydrogen-bond donors (Lipinski definition) is 3. The number of hydrogen-bond acceptors (Lipinski definition) is 5. The summed E-state index contributed by atoms with van der Waals surface area (Å²) in [6.45, 7) is 1.14. The number of aromatic amines is 1. The van der Waals surface area contributed by atoms with Crippen molar-refractivity contribution < 1.29 is 23.9 Å². The first-order valence-corrected chi connectivity index (χ1v) is 12.5. The van der Waals surface area contributed by atoms with Crippen LogP contribution in [-0.4, -0.2) is 65.9 Å². The smallest absolute Gasteiger partial charge is 0.328 e. The Balaban J connectivity index is 1.37. The minimum absolute atomic E-state index is 0.0552. The molecular weight excluding hydrogens is 448 g/mol. The molecule has 5 rings (SSSR count). The van der Waals surface area contributed by atoms with E-state index >= 15 is 0 Å². The van der Waals surface area contributed by atoms with Crippen LogP contribution in [0.5, 0.6) is 0 Å². The monoisotopic (exact) mass is 480 g/mol. The molecule has 9 heteroatoms. The van der Waals surface area contributed by atoms with Gasteiger partial charge in [0.15, 0.2) is 0 Å². The van der Waals surface area contributed by atoms with Gasteiger partial charge in [0, 0.05) is 29.9 Å². The topological polar surface area (TPSA) is 121 Å². The predicted molar refractivity (Wildman–Crippen MR) is 128 cm³/mol. The van der Waals surface area contributed by atoms with Gasteiger partial charge in [0.25, 0.3) is 5.91 Å². The van der Waals surface area contributed by atoms with Gasteiger partial charge >= 0.3 is 5.97 Å². The third-order valence-electron chi connectivity index (χ3n) is 7.90. The number of likely N-dealkylation sites (tertiary alicyclic amines) is 1. The third-order valence-corrected chi connectivity index (χ3v) is 7.90. The number of nitrogens with zero attached hydrogens (tertiary/aromatic N) is 1. The second-order valence-electron chi connectivity index (χ2n) is 9.98. The average molecular weight is 481 g/mol. The molecule has 0 bridgehead atoms. The highest BCUT2D eigenvalue weighted by Gasteiger charge is 2.50. The number of aromatic nitrogens is 1. The second-order valence-corrected chi connectivity index (χ2v) is 9.98. The molecule has 3 aliphatic rings. The van der Waals surface area contributed by atoms with Gasteiger partial charge in [-0.05, 0) is 56.1 Å². The number of fused-ring (bicyclic) bond motifs is 2. The summed E-state index contributed by atoms with van der Waals surface area (Å²) in [5.74, 6) is -1.29. The van der Waals surface area contributed by atoms with E-state index in [2.05, 4.69) is 15.6 Å². The van der Waals surface area contributed by atoms with E-state index in [9.17, 15) is 19.2 Å². The number of benzene rings is 1. The van der Waals surface area contributed by atoms with Crippen LogP contribution >= 0.6 is 0 Å². The maximum absolute atomic E-state index is 13.6. The summed E-state index contributed by atoms with van der Waals surface area (Å²) in [7, 11) is 1.27. The highest BCUT2D eigenvalue weighted by molar-refractivity contribution is 6.01. The minimum Gasteiger partial charge on any atom is -0.467 e. The molecular formula is C26H32N4O5. The highest BCUT2D eigenvalue weighted by Crippen LogP contribution is 2.43. The van der Waals surface area contributed by atoms with Crippen molar-refractivity contribution >= 4 is 34.6 Å². The molecule has 3 N–H and O–H groups in total. The molecule has 0 spiro atoms. The lowest BCUT2D eigenvalue weighted by Crippen LogP contribution is -2.54. The number of rotatable bonds is 6. The van der Waals surface area contributed by atoms with E-state index in [-0.39, 0.29) is 41.9 Å². The lowest BCUT2D eigenvalue weighted by Gasteiger charge is -2.30. The van der Waals surface area contributed by atoms with Gasteiger partial charge in [-0.25, -0.2) is 4.79 Å². The van der Waals surface area contributed by atoms with Crippen LogP contribution < -0.4 is 10.6 Å². The van der Waals surface area contributed by atoms with Crippen LogP contribution in [0.2, 0.25) is 0 Å². The highest BCUT2D eigenvalue weighted by atomic mass is 16.5. The van der Waals surface area contributed by atoms with Crippen LogP contribution in [0.4, 0.5) is 0 Å². The number of amides is 3. The first kappa shape index (κ1) is 23.4. The van der Waals surface area contributed by atoms with Gasteiger partial charge in [0.05, 0.1) is 7.11 Å². The quantitative estimate of drug-likeness (QED) is 0.546. The molecule has 2 saturated heterocycles. The van der Waals surface area contributed by atoms with E-state index in [1.807, 2.05) is 30.3 Å². The van der Waals surface area contributed by atoms with E-state index in [1.54, 1.807) is 4.90 Å². The largest absolute Gasteiger partial charge is 0.467 e. The summed E-state index contributed by atoms with van der Waals surface area (Å²) >= 11 is 0. The summed E-state index contributed by atoms with van der Waals surface area (Å²) in [5, 5.41) is 6.62.